The fourth-order valence-corrected chi connectivity index (χ4v) is 3.37. The van der Waals surface area contributed by atoms with E-state index in [1.165, 1.54) is 15.6 Å². The van der Waals surface area contributed by atoms with Crippen LogP contribution in [0.4, 0.5) is 5.69 Å². The molecule has 0 aliphatic heterocycles. The zero-order valence-electron chi connectivity index (χ0n) is 11.6. The number of aryl methyl sites for hydroxylation is 1. The van der Waals surface area contributed by atoms with E-state index in [-0.39, 0.29) is 0 Å². The molecule has 1 aromatic carbocycles. The topological polar surface area (TPSA) is 53.6 Å². The smallest absolute Gasteiger partial charge is 0.137 e. The van der Waals surface area contributed by atoms with Crippen LogP contribution in [0.15, 0.2) is 42.7 Å². The maximum Gasteiger partial charge on any atom is 0.137 e. The molecule has 0 unspecified atom stereocenters. The molecule has 0 radical (unpaired) electrons. The molecule has 3 heterocycles. The Balaban J connectivity index is 1.60. The summed E-state index contributed by atoms with van der Waals surface area (Å²) in [5, 5.41) is 5.74. The van der Waals surface area contributed by atoms with Gasteiger partial charge in [-0.05, 0) is 42.8 Å². The summed E-state index contributed by atoms with van der Waals surface area (Å²) < 4.78 is 1.22. The molecular weight excluding hydrogens is 280 g/mol. The summed E-state index contributed by atoms with van der Waals surface area (Å²) in [6.07, 6.45) is 3.82. The van der Waals surface area contributed by atoms with Crippen LogP contribution in [0, 0.1) is 6.92 Å². The molecule has 0 bridgehead atoms. The van der Waals surface area contributed by atoms with E-state index in [2.05, 4.69) is 44.5 Å². The van der Waals surface area contributed by atoms with Gasteiger partial charge in [0.05, 0.1) is 15.2 Å². The van der Waals surface area contributed by atoms with E-state index in [0.717, 1.165) is 28.4 Å². The number of anilines is 1. The predicted molar refractivity (Wildman–Crippen MR) is 87.8 cm³/mol. The van der Waals surface area contributed by atoms with Gasteiger partial charge >= 0.3 is 0 Å². The summed E-state index contributed by atoms with van der Waals surface area (Å²) in [6, 6.07) is 10.4. The van der Waals surface area contributed by atoms with Crippen LogP contribution in [-0.4, -0.2) is 15.0 Å². The van der Waals surface area contributed by atoms with Gasteiger partial charge in [-0.3, -0.25) is 0 Å². The zero-order chi connectivity index (χ0) is 14.2. The van der Waals surface area contributed by atoms with Gasteiger partial charge in [-0.2, -0.15) is 0 Å². The minimum Gasteiger partial charge on any atom is -0.381 e. The van der Waals surface area contributed by atoms with E-state index < -0.39 is 0 Å². The number of rotatable bonds is 3. The summed E-state index contributed by atoms with van der Waals surface area (Å²) in [5.41, 5.74) is 4.34. The van der Waals surface area contributed by atoms with Crippen LogP contribution in [0.2, 0.25) is 0 Å². The molecular formula is C16H14N4S. The molecule has 21 heavy (non-hydrogen) atoms. The predicted octanol–water partition coefficient (Wildman–Crippen LogP) is 4.09. The van der Waals surface area contributed by atoms with Gasteiger partial charge in [0.25, 0.3) is 0 Å². The zero-order valence-corrected chi connectivity index (χ0v) is 12.4. The van der Waals surface area contributed by atoms with Crippen LogP contribution >= 0.6 is 11.3 Å². The lowest BCUT2D eigenvalue weighted by molar-refractivity contribution is 1.16. The van der Waals surface area contributed by atoms with Crippen LogP contribution in [-0.2, 0) is 6.54 Å². The van der Waals surface area contributed by atoms with E-state index in [1.807, 2.05) is 19.2 Å². The van der Waals surface area contributed by atoms with Crippen LogP contribution < -0.4 is 5.32 Å². The van der Waals surface area contributed by atoms with Crippen molar-refractivity contribution in [2.24, 2.45) is 0 Å². The fourth-order valence-electron chi connectivity index (χ4n) is 2.51. The fraction of sp³-hybridized carbons (Fsp3) is 0.125. The van der Waals surface area contributed by atoms with E-state index >= 15 is 0 Å². The Morgan fingerprint density at radius 2 is 2.24 bits per heavy atom. The Bertz CT molecular complexity index is 922. The first-order chi connectivity index (χ1) is 10.3. The Kier molecular flexibility index (Phi) is 2.86. The van der Waals surface area contributed by atoms with E-state index in [1.54, 1.807) is 17.5 Å². The van der Waals surface area contributed by atoms with Gasteiger partial charge < -0.3 is 10.3 Å². The number of aromatic amines is 1. The minimum absolute atomic E-state index is 0.773. The lowest BCUT2D eigenvalue weighted by Crippen LogP contribution is -1.98. The second-order valence-corrected chi connectivity index (χ2v) is 6.22. The number of nitrogens with one attached hydrogen (secondary N) is 2. The van der Waals surface area contributed by atoms with Crippen molar-refractivity contribution < 1.29 is 0 Å². The molecule has 0 aliphatic carbocycles. The number of hydrogen-bond donors (Lipinski definition) is 2. The average Bonchev–Trinajstić information content (AvgIpc) is 3.07. The quantitative estimate of drug-likeness (QED) is 0.598. The second kappa shape index (κ2) is 4.86. The van der Waals surface area contributed by atoms with Gasteiger partial charge in [-0.25, -0.2) is 9.97 Å². The normalized spacial score (nSPS) is 11.3. The third-order valence-corrected chi connectivity index (χ3v) is 4.45. The van der Waals surface area contributed by atoms with Crippen molar-refractivity contribution in [2.45, 2.75) is 13.5 Å². The SMILES string of the molecule is Cc1nc2ccc(NCc3c[nH]c4ncccc34)cc2s1. The van der Waals surface area contributed by atoms with Crippen molar-refractivity contribution in [3.05, 3.63) is 53.3 Å². The lowest BCUT2D eigenvalue weighted by atomic mass is 10.2. The van der Waals surface area contributed by atoms with Crippen LogP contribution in [0.1, 0.15) is 10.6 Å². The highest BCUT2D eigenvalue weighted by Crippen LogP contribution is 2.25. The van der Waals surface area contributed by atoms with Crippen molar-refractivity contribution in [2.75, 3.05) is 5.32 Å². The number of fused-ring (bicyclic) bond motifs is 2. The molecule has 0 fully saturated rings. The first-order valence-corrected chi connectivity index (χ1v) is 7.63. The monoisotopic (exact) mass is 294 g/mol. The largest absolute Gasteiger partial charge is 0.381 e. The highest BCUT2D eigenvalue weighted by atomic mass is 32.1. The maximum atomic E-state index is 4.48. The van der Waals surface area contributed by atoms with Crippen LogP contribution in [0.5, 0.6) is 0 Å². The van der Waals surface area contributed by atoms with Gasteiger partial charge in [0.1, 0.15) is 5.65 Å². The highest BCUT2D eigenvalue weighted by Gasteiger charge is 2.05. The first-order valence-electron chi connectivity index (χ1n) is 6.82. The van der Waals surface area contributed by atoms with Gasteiger partial charge in [-0.1, -0.05) is 0 Å². The van der Waals surface area contributed by atoms with Crippen molar-refractivity contribution in [1.29, 1.82) is 0 Å². The van der Waals surface area contributed by atoms with Crippen molar-refractivity contribution >= 4 is 38.3 Å². The molecule has 0 aliphatic rings. The number of nitrogens with zero attached hydrogens (tertiary/aromatic N) is 2. The van der Waals surface area contributed by atoms with E-state index in [0.29, 0.717) is 0 Å². The molecule has 2 N–H and O–H groups in total. The molecule has 0 amide bonds. The van der Waals surface area contributed by atoms with E-state index in [9.17, 15) is 0 Å². The number of pyridine rings is 1. The summed E-state index contributed by atoms with van der Waals surface area (Å²) in [5.74, 6) is 0. The number of hydrogen-bond acceptors (Lipinski definition) is 4. The Morgan fingerprint density at radius 1 is 1.29 bits per heavy atom. The van der Waals surface area contributed by atoms with Crippen LogP contribution in [0.3, 0.4) is 0 Å². The standard InChI is InChI=1S/C16H14N4S/c1-10-20-14-5-4-12(7-15(14)21-10)18-8-11-9-19-16-13(11)3-2-6-17-16/h2-7,9,18H,8H2,1H3,(H,17,19). The third-order valence-electron chi connectivity index (χ3n) is 3.52. The molecule has 4 rings (SSSR count). The van der Waals surface area contributed by atoms with E-state index in [4.69, 9.17) is 0 Å². The molecule has 0 spiro atoms. The molecule has 4 aromatic rings. The lowest BCUT2D eigenvalue weighted by Gasteiger charge is -2.05. The summed E-state index contributed by atoms with van der Waals surface area (Å²) >= 11 is 1.72. The van der Waals surface area contributed by atoms with Gasteiger partial charge in [-0.15, -0.1) is 11.3 Å². The Morgan fingerprint density at radius 3 is 3.19 bits per heavy atom. The van der Waals surface area contributed by atoms with Gasteiger partial charge in [0.2, 0.25) is 0 Å². The third kappa shape index (κ3) is 2.25. The van der Waals surface area contributed by atoms with Gasteiger partial charge in [0.15, 0.2) is 0 Å². The summed E-state index contributed by atoms with van der Waals surface area (Å²) in [6.45, 7) is 2.81. The number of H-pyrrole nitrogens is 1. The average molecular weight is 294 g/mol. The molecule has 3 aromatic heterocycles. The highest BCUT2D eigenvalue weighted by molar-refractivity contribution is 7.18. The molecule has 0 saturated heterocycles. The van der Waals surface area contributed by atoms with Crippen molar-refractivity contribution in [3.63, 3.8) is 0 Å². The second-order valence-electron chi connectivity index (χ2n) is 4.98. The summed E-state index contributed by atoms with van der Waals surface area (Å²) in [7, 11) is 0. The number of aromatic nitrogens is 3. The van der Waals surface area contributed by atoms with Crippen molar-refractivity contribution in [1.82, 2.24) is 15.0 Å². The molecule has 0 atom stereocenters. The molecule has 0 saturated carbocycles. The van der Waals surface area contributed by atoms with Gasteiger partial charge in [0, 0.05) is 30.0 Å². The Hall–Kier alpha value is -2.40. The first kappa shape index (κ1) is 12.3. The molecule has 104 valence electrons. The number of benzene rings is 1. The Labute approximate surface area is 125 Å². The summed E-state index contributed by atoms with van der Waals surface area (Å²) in [4.78, 5) is 12.0. The molecule has 5 heteroatoms. The number of thiazole rings is 1. The van der Waals surface area contributed by atoms with Crippen LogP contribution in [0.25, 0.3) is 21.3 Å². The maximum absolute atomic E-state index is 4.48. The minimum atomic E-state index is 0.773. The molecule has 4 nitrogen and oxygen atoms in total. The van der Waals surface area contributed by atoms with Crippen molar-refractivity contribution in [3.8, 4) is 0 Å².